The van der Waals surface area contributed by atoms with E-state index in [2.05, 4.69) is 16.0 Å². The maximum absolute atomic E-state index is 12.8. The quantitative estimate of drug-likeness (QED) is 0.164. The van der Waals surface area contributed by atoms with Gasteiger partial charge in [0.15, 0.2) is 0 Å². The van der Waals surface area contributed by atoms with Crippen LogP contribution in [0, 0.1) is 11.8 Å². The van der Waals surface area contributed by atoms with E-state index in [9.17, 15) is 24.0 Å². The fraction of sp³-hybridized carbons (Fsp3) is 0.737. The van der Waals surface area contributed by atoms with E-state index in [1.807, 2.05) is 0 Å². The number of carboxylic acid groups (broad SMARTS) is 2. The van der Waals surface area contributed by atoms with Crippen LogP contribution in [0.25, 0.3) is 0 Å². The van der Waals surface area contributed by atoms with E-state index < -0.39 is 66.9 Å². The van der Waals surface area contributed by atoms with Crippen LogP contribution in [0.1, 0.15) is 47.0 Å². The van der Waals surface area contributed by atoms with Gasteiger partial charge in [0.1, 0.15) is 18.1 Å². The number of aliphatic hydroxyl groups excluding tert-OH is 1. The predicted molar refractivity (Wildman–Crippen MR) is 110 cm³/mol. The van der Waals surface area contributed by atoms with Gasteiger partial charge < -0.3 is 37.0 Å². The molecule has 8 N–H and O–H groups in total. The van der Waals surface area contributed by atoms with Crippen molar-refractivity contribution >= 4 is 29.7 Å². The molecule has 0 bridgehead atoms. The second kappa shape index (κ2) is 13.5. The van der Waals surface area contributed by atoms with E-state index in [0.717, 1.165) is 0 Å². The molecule has 0 saturated carbocycles. The molecule has 0 aromatic rings. The minimum atomic E-state index is -1.53. The smallest absolute Gasteiger partial charge is 0.328 e. The van der Waals surface area contributed by atoms with E-state index in [1.165, 1.54) is 0 Å². The maximum atomic E-state index is 12.8. The van der Waals surface area contributed by atoms with E-state index >= 15 is 0 Å². The third kappa shape index (κ3) is 11.3. The molecule has 12 heteroatoms. The van der Waals surface area contributed by atoms with Gasteiger partial charge in [0.05, 0.1) is 19.1 Å². The summed E-state index contributed by atoms with van der Waals surface area (Å²) in [7, 11) is 0. The molecular weight excluding hydrogens is 412 g/mol. The third-order valence-electron chi connectivity index (χ3n) is 4.21. The van der Waals surface area contributed by atoms with E-state index in [-0.39, 0.29) is 24.7 Å². The third-order valence-corrected chi connectivity index (χ3v) is 4.21. The number of carboxylic acids is 2. The minimum Gasteiger partial charge on any atom is -0.481 e. The van der Waals surface area contributed by atoms with Gasteiger partial charge in [-0.05, 0) is 24.7 Å². The van der Waals surface area contributed by atoms with Gasteiger partial charge >= 0.3 is 11.9 Å². The Morgan fingerprint density at radius 2 is 1.13 bits per heavy atom. The van der Waals surface area contributed by atoms with Crippen LogP contribution in [0.3, 0.4) is 0 Å². The normalized spacial score (nSPS) is 15.0. The number of nitrogens with two attached hydrogens (primary N) is 1. The van der Waals surface area contributed by atoms with Crippen molar-refractivity contribution in [2.24, 2.45) is 17.6 Å². The topological polar surface area (TPSA) is 208 Å². The molecule has 0 spiro atoms. The zero-order valence-corrected chi connectivity index (χ0v) is 18.3. The van der Waals surface area contributed by atoms with Gasteiger partial charge in [-0.1, -0.05) is 27.7 Å². The van der Waals surface area contributed by atoms with E-state index in [1.54, 1.807) is 27.7 Å². The Hall–Kier alpha value is -2.73. The highest BCUT2D eigenvalue weighted by Crippen LogP contribution is 2.09. The van der Waals surface area contributed by atoms with Gasteiger partial charge in [-0.15, -0.1) is 0 Å². The fourth-order valence-corrected chi connectivity index (χ4v) is 2.70. The lowest BCUT2D eigenvalue weighted by molar-refractivity contribution is -0.143. The summed E-state index contributed by atoms with van der Waals surface area (Å²) in [5.74, 6) is -5.08. The van der Waals surface area contributed by atoms with Crippen LogP contribution in [0.4, 0.5) is 0 Å². The standard InChI is InChI=1S/C19H34N4O8/c1-9(2)5-12(21-16(27)11(20)7-15(25)26)17(28)22-13(6-10(3)4)18(29)23-14(8-24)19(30)31/h9-14,24H,5-8,20H2,1-4H3,(H,21,27)(H,22,28)(H,23,29)(H,25,26)(H,30,31). The molecule has 0 saturated heterocycles. The molecule has 0 radical (unpaired) electrons. The van der Waals surface area contributed by atoms with Crippen LogP contribution >= 0.6 is 0 Å². The molecule has 0 fully saturated rings. The molecular formula is C19H34N4O8. The first-order chi connectivity index (χ1) is 14.3. The van der Waals surface area contributed by atoms with Crippen molar-refractivity contribution in [1.29, 1.82) is 0 Å². The summed E-state index contributed by atoms with van der Waals surface area (Å²) < 4.78 is 0. The van der Waals surface area contributed by atoms with Gasteiger partial charge in [-0.3, -0.25) is 19.2 Å². The summed E-state index contributed by atoms with van der Waals surface area (Å²) >= 11 is 0. The predicted octanol–water partition coefficient (Wildman–Crippen LogP) is -1.59. The van der Waals surface area contributed by atoms with Gasteiger partial charge in [0.2, 0.25) is 17.7 Å². The summed E-state index contributed by atoms with van der Waals surface area (Å²) in [6.07, 6.45) is -0.240. The van der Waals surface area contributed by atoms with E-state index in [4.69, 9.17) is 21.1 Å². The molecule has 0 aromatic heterocycles. The number of rotatable bonds is 14. The lowest BCUT2D eigenvalue weighted by Crippen LogP contribution is -2.58. The van der Waals surface area contributed by atoms with Crippen molar-refractivity contribution in [2.45, 2.75) is 71.1 Å². The molecule has 12 nitrogen and oxygen atoms in total. The van der Waals surface area contributed by atoms with Crippen LogP contribution in [-0.4, -0.2) is 75.8 Å². The fourth-order valence-electron chi connectivity index (χ4n) is 2.70. The SMILES string of the molecule is CC(C)CC(NC(=O)C(N)CC(=O)O)C(=O)NC(CC(C)C)C(=O)NC(CO)C(=O)O. The summed E-state index contributed by atoms with van der Waals surface area (Å²) in [5.41, 5.74) is 5.54. The number of hydrogen-bond acceptors (Lipinski definition) is 7. The highest BCUT2D eigenvalue weighted by molar-refractivity contribution is 5.94. The molecule has 0 aliphatic carbocycles. The van der Waals surface area contributed by atoms with Crippen LogP contribution in [0.2, 0.25) is 0 Å². The minimum absolute atomic E-state index is 0.0325. The Balaban J connectivity index is 5.43. The molecule has 0 aliphatic heterocycles. The van der Waals surface area contributed by atoms with Crippen LogP contribution in [0.15, 0.2) is 0 Å². The summed E-state index contributed by atoms with van der Waals surface area (Å²) in [6, 6.07) is -5.07. The lowest BCUT2D eigenvalue weighted by Gasteiger charge is -2.26. The van der Waals surface area contributed by atoms with Gasteiger partial charge in [-0.2, -0.15) is 0 Å². The molecule has 0 heterocycles. The number of nitrogens with one attached hydrogen (secondary N) is 3. The van der Waals surface area contributed by atoms with Crippen molar-refractivity contribution in [3.63, 3.8) is 0 Å². The van der Waals surface area contributed by atoms with Crippen molar-refractivity contribution in [3.05, 3.63) is 0 Å². The average Bonchev–Trinajstić information content (AvgIpc) is 2.62. The Labute approximate surface area is 180 Å². The number of carbonyl (C=O) groups excluding carboxylic acids is 3. The Kier molecular flexibility index (Phi) is 12.4. The number of aliphatic carboxylic acids is 2. The van der Waals surface area contributed by atoms with Crippen molar-refractivity contribution in [3.8, 4) is 0 Å². The summed E-state index contributed by atoms with van der Waals surface area (Å²) in [4.78, 5) is 59.3. The average molecular weight is 447 g/mol. The monoisotopic (exact) mass is 446 g/mol. The second-order valence-electron chi connectivity index (χ2n) is 8.17. The van der Waals surface area contributed by atoms with E-state index in [0.29, 0.717) is 0 Å². The number of aliphatic hydroxyl groups is 1. The number of hydrogen-bond donors (Lipinski definition) is 7. The van der Waals surface area contributed by atoms with Crippen molar-refractivity contribution in [2.75, 3.05) is 6.61 Å². The molecule has 178 valence electrons. The summed E-state index contributed by atoms with van der Waals surface area (Å²) in [5, 5.41) is 34.0. The largest absolute Gasteiger partial charge is 0.481 e. The van der Waals surface area contributed by atoms with Crippen LogP contribution in [-0.2, 0) is 24.0 Å². The van der Waals surface area contributed by atoms with Gasteiger partial charge in [0, 0.05) is 0 Å². The van der Waals surface area contributed by atoms with Gasteiger partial charge in [0.25, 0.3) is 0 Å². The van der Waals surface area contributed by atoms with Crippen molar-refractivity contribution < 1.29 is 39.3 Å². The molecule has 0 aliphatic rings. The zero-order valence-electron chi connectivity index (χ0n) is 18.3. The Morgan fingerprint density at radius 1 is 0.742 bits per heavy atom. The first-order valence-electron chi connectivity index (χ1n) is 10.0. The molecule has 31 heavy (non-hydrogen) atoms. The zero-order chi connectivity index (χ0) is 24.3. The number of carbonyl (C=O) groups is 5. The highest BCUT2D eigenvalue weighted by Gasteiger charge is 2.31. The molecule has 3 amide bonds. The first kappa shape index (κ1) is 28.3. The number of amides is 3. The Morgan fingerprint density at radius 3 is 1.45 bits per heavy atom. The summed E-state index contributed by atoms with van der Waals surface area (Å²) in [6.45, 7) is 6.38. The molecule has 0 rings (SSSR count). The first-order valence-corrected chi connectivity index (χ1v) is 10.0. The molecule has 0 aromatic carbocycles. The molecule has 4 atom stereocenters. The van der Waals surface area contributed by atoms with Crippen LogP contribution in [0.5, 0.6) is 0 Å². The van der Waals surface area contributed by atoms with Crippen LogP contribution < -0.4 is 21.7 Å². The lowest BCUT2D eigenvalue weighted by atomic mass is 9.99. The molecule has 4 unspecified atom stereocenters. The highest BCUT2D eigenvalue weighted by atomic mass is 16.4. The Bertz CT molecular complexity index is 653. The van der Waals surface area contributed by atoms with Crippen molar-refractivity contribution in [1.82, 2.24) is 16.0 Å². The van der Waals surface area contributed by atoms with Gasteiger partial charge in [-0.25, -0.2) is 4.79 Å². The maximum Gasteiger partial charge on any atom is 0.328 e. The second-order valence-corrected chi connectivity index (χ2v) is 8.17.